The van der Waals surface area contributed by atoms with Crippen LogP contribution in [-0.2, 0) is 0 Å². The van der Waals surface area contributed by atoms with E-state index in [1.807, 2.05) is 42.5 Å². The van der Waals surface area contributed by atoms with Gasteiger partial charge >= 0.3 is 0 Å². The normalized spacial score (nSPS) is 12.5. The zero-order chi connectivity index (χ0) is 15.2. The van der Waals surface area contributed by atoms with Crippen molar-refractivity contribution in [3.05, 3.63) is 80.8 Å². The molecular weight excluding hydrogens is 392 g/mol. The van der Waals surface area contributed by atoms with E-state index in [4.69, 9.17) is 5.11 Å². The van der Waals surface area contributed by atoms with Crippen molar-refractivity contribution >= 4 is 43.2 Å². The number of hydrogen-bond donors (Lipinski definition) is 0. The molecule has 0 aliphatic heterocycles. The number of hydrogen-bond acceptors (Lipinski definition) is 0. The van der Waals surface area contributed by atoms with Crippen molar-refractivity contribution in [3.63, 3.8) is 0 Å². The lowest BCUT2D eigenvalue weighted by Crippen LogP contribution is -1.86. The molecule has 0 heterocycles. The Labute approximate surface area is 142 Å². The lowest BCUT2D eigenvalue weighted by atomic mass is 10.0. The van der Waals surface area contributed by atoms with Crippen LogP contribution in [0.4, 0.5) is 0 Å². The van der Waals surface area contributed by atoms with E-state index >= 15 is 0 Å². The highest BCUT2D eigenvalue weighted by Crippen LogP contribution is 2.24. The van der Waals surface area contributed by atoms with Crippen LogP contribution in [0.5, 0.6) is 0 Å². The van der Waals surface area contributed by atoms with Gasteiger partial charge < -0.3 is 5.11 Å². The molecule has 0 fully saturated rings. The van der Waals surface area contributed by atoms with Gasteiger partial charge in [0.05, 0.1) is 5.56 Å². The monoisotopic (exact) mass is 407 g/mol. The molecule has 2 aromatic rings. The van der Waals surface area contributed by atoms with Crippen LogP contribution in [0, 0.1) is 0 Å². The molecular formula is C18H17Br2O+. The summed E-state index contributed by atoms with van der Waals surface area (Å²) in [5.41, 5.74) is 3.12. The molecule has 2 rings (SSSR count). The Hall–Kier alpha value is -1.32. The molecule has 0 amide bonds. The second kappa shape index (κ2) is 7.62. The van der Waals surface area contributed by atoms with Crippen molar-refractivity contribution in [2.45, 2.75) is 13.3 Å². The van der Waals surface area contributed by atoms with Crippen molar-refractivity contribution in [1.82, 2.24) is 0 Å². The van der Waals surface area contributed by atoms with E-state index < -0.39 is 0 Å². The van der Waals surface area contributed by atoms with Gasteiger partial charge in [-0.25, -0.2) is 0 Å². The van der Waals surface area contributed by atoms with Crippen molar-refractivity contribution < 1.29 is 5.11 Å². The van der Waals surface area contributed by atoms with Gasteiger partial charge in [0.15, 0.2) is 0 Å². The standard InChI is InChI=1S/C18H16Br2O/c1-2-3-15(13-4-8-16(19)9-5-13)12-18(21)14-6-10-17(20)11-7-14/h3-12,21H,2H2,1H3/p+1/b15-3+,18-12-. The third-order valence-electron chi connectivity index (χ3n) is 3.06. The topological polar surface area (TPSA) is 22.9 Å². The summed E-state index contributed by atoms with van der Waals surface area (Å²) in [5, 5.41) is 8.28. The third kappa shape index (κ3) is 4.58. The number of halogens is 2. The molecule has 3 heteroatoms. The van der Waals surface area contributed by atoms with Gasteiger partial charge in [-0.1, -0.05) is 57.0 Å². The van der Waals surface area contributed by atoms with Gasteiger partial charge in [0.2, 0.25) is 0 Å². The molecule has 0 saturated heterocycles. The fraction of sp³-hybridized carbons (Fsp3) is 0.111. The fourth-order valence-corrected chi connectivity index (χ4v) is 2.52. The molecule has 1 nitrogen and oxygen atoms in total. The average molecular weight is 409 g/mol. The van der Waals surface area contributed by atoms with Gasteiger partial charge in [-0.2, -0.15) is 0 Å². The smallest absolute Gasteiger partial charge is 0.261 e. The first-order valence-electron chi connectivity index (χ1n) is 6.75. The van der Waals surface area contributed by atoms with E-state index in [2.05, 4.69) is 57.0 Å². The molecule has 0 bridgehead atoms. The summed E-state index contributed by atoms with van der Waals surface area (Å²) in [6, 6.07) is 16.0. The molecule has 0 saturated carbocycles. The van der Waals surface area contributed by atoms with Crippen molar-refractivity contribution in [3.8, 4) is 0 Å². The zero-order valence-corrected chi connectivity index (χ0v) is 14.9. The lowest BCUT2D eigenvalue weighted by Gasteiger charge is -2.04. The molecule has 0 unspecified atom stereocenters. The van der Waals surface area contributed by atoms with Crippen molar-refractivity contribution in [2.75, 3.05) is 0 Å². The van der Waals surface area contributed by atoms with Gasteiger partial charge in [-0.15, -0.1) is 0 Å². The highest BCUT2D eigenvalue weighted by molar-refractivity contribution is 9.10. The van der Waals surface area contributed by atoms with Crippen LogP contribution in [0.3, 0.4) is 0 Å². The first-order valence-corrected chi connectivity index (χ1v) is 8.34. The summed E-state index contributed by atoms with van der Waals surface area (Å²) >= 11 is 6.87. The maximum atomic E-state index is 8.28. The maximum Gasteiger partial charge on any atom is 0.261 e. The SMILES string of the molecule is CC/C=C(\C=C(/[OH2+])c1ccc(Br)cc1)c1ccc(Br)cc1. The Balaban J connectivity index is 2.35. The quantitative estimate of drug-likeness (QED) is 0.348. The summed E-state index contributed by atoms with van der Waals surface area (Å²) in [6.45, 7) is 2.11. The molecule has 0 spiro atoms. The first-order chi connectivity index (χ1) is 10.1. The number of rotatable bonds is 4. The molecule has 2 aromatic carbocycles. The molecule has 0 aliphatic rings. The van der Waals surface area contributed by atoms with Gasteiger partial charge in [0.25, 0.3) is 5.76 Å². The van der Waals surface area contributed by atoms with Crippen LogP contribution < -0.4 is 0 Å². The Morgan fingerprint density at radius 2 is 1.38 bits per heavy atom. The Kier molecular flexibility index (Phi) is 5.83. The molecule has 2 N–H and O–H groups in total. The minimum Gasteiger partial charge on any atom is -0.593 e. The van der Waals surface area contributed by atoms with E-state index in [9.17, 15) is 0 Å². The maximum absolute atomic E-state index is 8.28. The van der Waals surface area contributed by atoms with Crippen LogP contribution in [0.2, 0.25) is 0 Å². The minimum atomic E-state index is 0.519. The van der Waals surface area contributed by atoms with Crippen LogP contribution in [-0.4, -0.2) is 5.11 Å². The molecule has 0 aromatic heterocycles. The zero-order valence-electron chi connectivity index (χ0n) is 11.7. The van der Waals surface area contributed by atoms with Gasteiger partial charge in [-0.05, 0) is 54.0 Å². The van der Waals surface area contributed by atoms with Gasteiger partial charge in [0.1, 0.15) is 0 Å². The van der Waals surface area contributed by atoms with Gasteiger partial charge in [0, 0.05) is 15.0 Å². The summed E-state index contributed by atoms with van der Waals surface area (Å²) in [5.74, 6) is 0.519. The Morgan fingerprint density at radius 1 is 0.905 bits per heavy atom. The van der Waals surface area contributed by atoms with E-state index in [1.54, 1.807) is 0 Å². The van der Waals surface area contributed by atoms with Crippen LogP contribution in [0.1, 0.15) is 24.5 Å². The van der Waals surface area contributed by atoms with Crippen LogP contribution in [0.25, 0.3) is 11.3 Å². The molecule has 0 aliphatic carbocycles. The van der Waals surface area contributed by atoms with Crippen molar-refractivity contribution in [1.29, 1.82) is 0 Å². The van der Waals surface area contributed by atoms with Gasteiger partial charge in [-0.3, -0.25) is 0 Å². The molecule has 0 atom stereocenters. The summed E-state index contributed by atoms with van der Waals surface area (Å²) in [7, 11) is 0. The first kappa shape index (κ1) is 16.1. The summed E-state index contributed by atoms with van der Waals surface area (Å²) in [6.07, 6.45) is 5.02. The Morgan fingerprint density at radius 3 is 1.86 bits per heavy atom. The van der Waals surface area contributed by atoms with Crippen LogP contribution >= 0.6 is 31.9 Å². The molecule has 0 radical (unpaired) electrons. The predicted octanol–water partition coefficient (Wildman–Crippen LogP) is 5.77. The van der Waals surface area contributed by atoms with Crippen LogP contribution in [0.15, 0.2) is 69.6 Å². The lowest BCUT2D eigenvalue weighted by molar-refractivity contribution is 0.512. The molecule has 21 heavy (non-hydrogen) atoms. The van der Waals surface area contributed by atoms with E-state index in [0.29, 0.717) is 5.76 Å². The van der Waals surface area contributed by atoms with E-state index in [0.717, 1.165) is 32.1 Å². The second-order valence-electron chi connectivity index (χ2n) is 4.64. The number of allylic oxidation sites excluding steroid dienone is 3. The fourth-order valence-electron chi connectivity index (χ4n) is 1.99. The minimum absolute atomic E-state index is 0.519. The largest absolute Gasteiger partial charge is 0.593 e. The average Bonchev–Trinajstić information content (AvgIpc) is 2.48. The highest BCUT2D eigenvalue weighted by atomic mass is 79.9. The summed E-state index contributed by atoms with van der Waals surface area (Å²) in [4.78, 5) is 0. The second-order valence-corrected chi connectivity index (χ2v) is 6.47. The van der Waals surface area contributed by atoms with E-state index in [1.165, 1.54) is 0 Å². The van der Waals surface area contributed by atoms with E-state index in [-0.39, 0.29) is 0 Å². The predicted molar refractivity (Wildman–Crippen MR) is 98.1 cm³/mol. The third-order valence-corrected chi connectivity index (χ3v) is 4.11. The number of benzene rings is 2. The summed E-state index contributed by atoms with van der Waals surface area (Å²) < 4.78 is 2.08. The van der Waals surface area contributed by atoms with Crippen molar-refractivity contribution in [2.24, 2.45) is 0 Å². The Bertz CT molecular complexity index is 653. The molecule has 108 valence electrons. The highest BCUT2D eigenvalue weighted by Gasteiger charge is 2.07.